The summed E-state index contributed by atoms with van der Waals surface area (Å²) in [6.45, 7) is 0. The van der Waals surface area contributed by atoms with Gasteiger partial charge in [0.25, 0.3) is 0 Å². The Hall–Kier alpha value is -2.09. The Kier molecular flexibility index (Phi) is 3.34. The van der Waals surface area contributed by atoms with E-state index in [9.17, 15) is 4.79 Å². The van der Waals surface area contributed by atoms with Gasteiger partial charge in [0.1, 0.15) is 0 Å². The summed E-state index contributed by atoms with van der Waals surface area (Å²) < 4.78 is 0. The molecule has 2 nitrogen and oxygen atoms in total. The Morgan fingerprint density at radius 2 is 1.62 bits per heavy atom. The molecule has 79 valence electrons. The monoisotopic (exact) mass is 210 g/mol. The normalized spacial score (nSPS) is 9.75. The molecule has 0 aliphatic rings. The fraction of sp³-hybridized carbons (Fsp3) is 0.0714. The second-order valence-electron chi connectivity index (χ2n) is 3.55. The summed E-state index contributed by atoms with van der Waals surface area (Å²) in [4.78, 5) is 10.3. The van der Waals surface area contributed by atoms with Crippen molar-refractivity contribution in [2.24, 2.45) is 0 Å². The molecule has 2 heteroatoms. The van der Waals surface area contributed by atoms with Crippen LogP contribution in [0.4, 0.5) is 5.69 Å². The van der Waals surface area contributed by atoms with Crippen LogP contribution < -0.4 is 5.32 Å². The highest BCUT2D eigenvalue weighted by molar-refractivity contribution is 5.74. The lowest BCUT2D eigenvalue weighted by Gasteiger charge is -2.07. The van der Waals surface area contributed by atoms with Crippen molar-refractivity contribution in [1.82, 2.24) is 0 Å². The Morgan fingerprint density at radius 3 is 2.38 bits per heavy atom. The van der Waals surface area contributed by atoms with E-state index >= 15 is 0 Å². The molecule has 1 radical (unpaired) electrons. The number of para-hydroxylation sites is 1. The quantitative estimate of drug-likeness (QED) is 0.772. The largest absolute Gasteiger partial charge is 0.318 e. The molecule has 1 N–H and O–H groups in total. The molecule has 0 aliphatic carbocycles. The molecule has 0 saturated heterocycles. The van der Waals surface area contributed by atoms with E-state index in [2.05, 4.69) is 17.4 Å². The summed E-state index contributed by atoms with van der Waals surface area (Å²) in [6, 6.07) is 17.9. The number of rotatable bonds is 4. The number of hydrogen-bond donors (Lipinski definition) is 1. The van der Waals surface area contributed by atoms with Crippen molar-refractivity contribution in [3.8, 4) is 0 Å². The molecule has 0 saturated carbocycles. The predicted molar refractivity (Wildman–Crippen MR) is 65.0 cm³/mol. The van der Waals surface area contributed by atoms with Gasteiger partial charge in [-0.1, -0.05) is 48.5 Å². The number of amides is 1. The van der Waals surface area contributed by atoms with E-state index in [1.165, 1.54) is 5.56 Å². The summed E-state index contributed by atoms with van der Waals surface area (Å²) in [5.41, 5.74) is 3.14. The lowest BCUT2D eigenvalue weighted by Crippen LogP contribution is -1.99. The molecule has 16 heavy (non-hydrogen) atoms. The maximum Gasteiger partial charge on any atom is 0.314 e. The van der Waals surface area contributed by atoms with Crippen LogP contribution in [0.2, 0.25) is 0 Å². The summed E-state index contributed by atoms with van der Waals surface area (Å²) in [5.74, 6) is 0. The minimum absolute atomic E-state index is 0.811. The van der Waals surface area contributed by atoms with Gasteiger partial charge in [-0.15, -0.1) is 0 Å². The van der Waals surface area contributed by atoms with Crippen molar-refractivity contribution in [2.75, 3.05) is 5.32 Å². The zero-order valence-electron chi connectivity index (χ0n) is 8.81. The fourth-order valence-corrected chi connectivity index (χ4v) is 1.67. The average Bonchev–Trinajstić information content (AvgIpc) is 2.33. The summed E-state index contributed by atoms with van der Waals surface area (Å²) in [6.07, 6.45) is 2.52. The first-order valence-corrected chi connectivity index (χ1v) is 5.15. The summed E-state index contributed by atoms with van der Waals surface area (Å²) >= 11 is 0. The van der Waals surface area contributed by atoms with Crippen LogP contribution in [0.1, 0.15) is 11.1 Å². The molecule has 0 unspecified atom stereocenters. The minimum atomic E-state index is 0.811. The lowest BCUT2D eigenvalue weighted by molar-refractivity contribution is 0.561. The molecule has 0 aromatic heterocycles. The first-order chi connectivity index (χ1) is 7.90. The SMILES string of the molecule is O=[C]Nc1ccccc1Cc1ccccc1. The minimum Gasteiger partial charge on any atom is -0.318 e. The van der Waals surface area contributed by atoms with Crippen LogP contribution in [0.3, 0.4) is 0 Å². The van der Waals surface area contributed by atoms with Gasteiger partial charge in [0.15, 0.2) is 0 Å². The number of benzene rings is 2. The van der Waals surface area contributed by atoms with Gasteiger partial charge in [-0.2, -0.15) is 0 Å². The molecule has 2 rings (SSSR count). The number of hydrogen-bond acceptors (Lipinski definition) is 1. The highest BCUT2D eigenvalue weighted by Crippen LogP contribution is 2.18. The van der Waals surface area contributed by atoms with Crippen molar-refractivity contribution < 1.29 is 4.79 Å². The number of carbonyl (C=O) groups excluding carboxylic acids is 1. The van der Waals surface area contributed by atoms with Crippen molar-refractivity contribution in [1.29, 1.82) is 0 Å². The molecule has 0 fully saturated rings. The van der Waals surface area contributed by atoms with E-state index < -0.39 is 0 Å². The zero-order valence-corrected chi connectivity index (χ0v) is 8.81. The maximum absolute atomic E-state index is 10.3. The first-order valence-electron chi connectivity index (χ1n) is 5.15. The topological polar surface area (TPSA) is 29.1 Å². The van der Waals surface area contributed by atoms with Gasteiger partial charge >= 0.3 is 6.41 Å². The third kappa shape index (κ3) is 2.48. The lowest BCUT2D eigenvalue weighted by atomic mass is 10.0. The van der Waals surface area contributed by atoms with E-state index in [0.717, 1.165) is 17.7 Å². The molecular weight excluding hydrogens is 198 g/mol. The number of anilines is 1. The molecule has 1 amide bonds. The smallest absolute Gasteiger partial charge is 0.314 e. The molecule has 0 spiro atoms. The Balaban J connectivity index is 2.24. The van der Waals surface area contributed by atoms with Crippen molar-refractivity contribution in [3.05, 3.63) is 65.7 Å². The van der Waals surface area contributed by atoms with Crippen molar-refractivity contribution in [2.45, 2.75) is 6.42 Å². The Morgan fingerprint density at radius 1 is 0.938 bits per heavy atom. The molecular formula is C14H12NO. The Labute approximate surface area is 94.9 Å². The second-order valence-corrected chi connectivity index (χ2v) is 3.55. The van der Waals surface area contributed by atoms with Crippen LogP contribution in [0, 0.1) is 0 Å². The van der Waals surface area contributed by atoms with E-state index in [0.29, 0.717) is 0 Å². The third-order valence-electron chi connectivity index (χ3n) is 2.44. The first kappa shape index (κ1) is 10.4. The molecule has 0 heterocycles. The van der Waals surface area contributed by atoms with Crippen LogP contribution in [0.5, 0.6) is 0 Å². The number of nitrogens with one attached hydrogen (secondary N) is 1. The maximum atomic E-state index is 10.3. The predicted octanol–water partition coefficient (Wildman–Crippen LogP) is 2.76. The third-order valence-corrected chi connectivity index (χ3v) is 2.44. The standard InChI is InChI=1S/C14H12NO/c16-11-15-14-9-5-4-8-13(14)10-12-6-2-1-3-7-12/h1-9H,10H2,(H,15,16). The molecule has 0 bridgehead atoms. The Bertz CT molecular complexity index is 465. The summed E-state index contributed by atoms with van der Waals surface area (Å²) in [7, 11) is 0. The van der Waals surface area contributed by atoms with Crippen LogP contribution in [0.25, 0.3) is 0 Å². The van der Waals surface area contributed by atoms with Gasteiger partial charge in [0, 0.05) is 5.69 Å². The van der Waals surface area contributed by atoms with Crippen LogP contribution >= 0.6 is 0 Å². The van der Waals surface area contributed by atoms with E-state index in [4.69, 9.17) is 0 Å². The van der Waals surface area contributed by atoms with Gasteiger partial charge < -0.3 is 5.32 Å². The highest BCUT2D eigenvalue weighted by atomic mass is 16.1. The van der Waals surface area contributed by atoms with Gasteiger partial charge in [-0.25, -0.2) is 0 Å². The summed E-state index contributed by atoms with van der Waals surface area (Å²) in [5, 5.41) is 2.59. The van der Waals surface area contributed by atoms with Gasteiger partial charge in [0.2, 0.25) is 0 Å². The molecule has 2 aromatic rings. The van der Waals surface area contributed by atoms with Crippen molar-refractivity contribution in [3.63, 3.8) is 0 Å². The van der Waals surface area contributed by atoms with Crippen LogP contribution in [-0.4, -0.2) is 6.41 Å². The van der Waals surface area contributed by atoms with E-state index in [-0.39, 0.29) is 0 Å². The second kappa shape index (κ2) is 5.12. The molecule has 0 atom stereocenters. The highest BCUT2D eigenvalue weighted by Gasteiger charge is 2.01. The average molecular weight is 210 g/mol. The van der Waals surface area contributed by atoms with Gasteiger partial charge in [0.05, 0.1) is 0 Å². The van der Waals surface area contributed by atoms with E-state index in [1.807, 2.05) is 42.5 Å². The fourth-order valence-electron chi connectivity index (χ4n) is 1.67. The van der Waals surface area contributed by atoms with Crippen LogP contribution in [-0.2, 0) is 11.2 Å². The molecule has 0 aliphatic heterocycles. The molecule has 2 aromatic carbocycles. The zero-order chi connectivity index (χ0) is 11.2. The van der Waals surface area contributed by atoms with Crippen molar-refractivity contribution >= 4 is 12.1 Å². The van der Waals surface area contributed by atoms with Crippen LogP contribution in [0.15, 0.2) is 54.6 Å². The van der Waals surface area contributed by atoms with Gasteiger partial charge in [-0.05, 0) is 23.6 Å². The van der Waals surface area contributed by atoms with E-state index in [1.54, 1.807) is 6.41 Å². The van der Waals surface area contributed by atoms with Gasteiger partial charge in [-0.3, -0.25) is 4.79 Å².